The lowest BCUT2D eigenvalue weighted by Gasteiger charge is -2.12. The molecule has 0 radical (unpaired) electrons. The van der Waals surface area contributed by atoms with Crippen molar-refractivity contribution in [2.24, 2.45) is 5.84 Å². The Morgan fingerprint density at radius 1 is 1.25 bits per heavy atom. The predicted octanol–water partition coefficient (Wildman–Crippen LogP) is 0.827. The highest BCUT2D eigenvalue weighted by Crippen LogP contribution is 2.18. The van der Waals surface area contributed by atoms with Gasteiger partial charge in [-0.05, 0) is 20.3 Å². The van der Waals surface area contributed by atoms with Crippen LogP contribution in [0.3, 0.4) is 0 Å². The van der Waals surface area contributed by atoms with Crippen molar-refractivity contribution < 1.29 is 4.74 Å². The van der Waals surface area contributed by atoms with Crippen LogP contribution in [0, 0.1) is 13.8 Å². The Morgan fingerprint density at radius 2 is 1.94 bits per heavy atom. The summed E-state index contributed by atoms with van der Waals surface area (Å²) in [4.78, 5) is 8.50. The van der Waals surface area contributed by atoms with Gasteiger partial charge in [-0.3, -0.25) is 0 Å². The number of nitrogens with two attached hydrogens (primary N) is 1. The van der Waals surface area contributed by atoms with E-state index in [1.807, 2.05) is 13.8 Å². The first-order valence-corrected chi connectivity index (χ1v) is 5.23. The number of hydrazine groups is 1. The first-order chi connectivity index (χ1) is 7.69. The molecule has 0 aliphatic heterocycles. The second kappa shape index (κ2) is 6.24. The Morgan fingerprint density at radius 3 is 2.56 bits per heavy atom. The number of aromatic nitrogens is 2. The molecule has 1 rings (SSSR count). The summed E-state index contributed by atoms with van der Waals surface area (Å²) in [5.41, 5.74) is 3.48. The van der Waals surface area contributed by atoms with Crippen LogP contribution in [0.2, 0.25) is 0 Å². The van der Waals surface area contributed by atoms with Crippen molar-refractivity contribution in [1.29, 1.82) is 0 Å². The molecule has 0 atom stereocenters. The molecule has 0 aromatic carbocycles. The second-order valence-electron chi connectivity index (χ2n) is 3.51. The third kappa shape index (κ3) is 3.32. The summed E-state index contributed by atoms with van der Waals surface area (Å²) in [6.45, 7) is 5.31. The van der Waals surface area contributed by atoms with E-state index in [1.165, 1.54) is 0 Å². The van der Waals surface area contributed by atoms with E-state index in [0.717, 1.165) is 31.0 Å². The van der Waals surface area contributed by atoms with Crippen molar-refractivity contribution in [2.45, 2.75) is 20.3 Å². The average Bonchev–Trinajstić information content (AvgIpc) is 2.28. The molecule has 4 N–H and O–H groups in total. The van der Waals surface area contributed by atoms with Gasteiger partial charge in [0.05, 0.1) is 0 Å². The highest BCUT2D eigenvalue weighted by atomic mass is 16.5. The third-order valence-corrected chi connectivity index (χ3v) is 2.21. The van der Waals surface area contributed by atoms with Gasteiger partial charge in [-0.25, -0.2) is 15.8 Å². The van der Waals surface area contributed by atoms with Crippen molar-refractivity contribution in [2.75, 3.05) is 31.0 Å². The van der Waals surface area contributed by atoms with Crippen LogP contribution in [0.5, 0.6) is 0 Å². The van der Waals surface area contributed by atoms with E-state index in [0.29, 0.717) is 11.6 Å². The van der Waals surface area contributed by atoms with Crippen molar-refractivity contribution >= 4 is 11.6 Å². The molecule has 0 aliphatic carbocycles. The first kappa shape index (κ1) is 12.7. The summed E-state index contributed by atoms with van der Waals surface area (Å²) < 4.78 is 4.97. The zero-order chi connectivity index (χ0) is 12.0. The summed E-state index contributed by atoms with van der Waals surface area (Å²) in [6, 6.07) is 0. The second-order valence-corrected chi connectivity index (χ2v) is 3.51. The molecule has 0 bridgehead atoms. The van der Waals surface area contributed by atoms with Gasteiger partial charge in [0.25, 0.3) is 0 Å². The Kier molecular flexibility index (Phi) is 4.94. The molecule has 0 fully saturated rings. The lowest BCUT2D eigenvalue weighted by Crippen LogP contribution is -2.15. The van der Waals surface area contributed by atoms with Gasteiger partial charge in [0, 0.05) is 25.8 Å². The number of nitrogen functional groups attached to an aromatic ring is 1. The molecule has 6 heteroatoms. The van der Waals surface area contributed by atoms with Gasteiger partial charge in [0.1, 0.15) is 17.5 Å². The molecule has 0 saturated heterocycles. The van der Waals surface area contributed by atoms with Crippen molar-refractivity contribution in [3.63, 3.8) is 0 Å². The maximum atomic E-state index is 5.38. The fourth-order valence-corrected chi connectivity index (χ4v) is 1.36. The van der Waals surface area contributed by atoms with E-state index in [-0.39, 0.29) is 0 Å². The minimum absolute atomic E-state index is 0.654. The number of anilines is 2. The number of hydrogen-bond donors (Lipinski definition) is 3. The fraction of sp³-hybridized carbons (Fsp3) is 0.600. The summed E-state index contributed by atoms with van der Waals surface area (Å²) in [6.07, 6.45) is 0.935. The zero-order valence-corrected chi connectivity index (χ0v) is 10.0. The van der Waals surface area contributed by atoms with Gasteiger partial charge in [-0.1, -0.05) is 0 Å². The van der Waals surface area contributed by atoms with Crippen LogP contribution in [0.25, 0.3) is 0 Å². The van der Waals surface area contributed by atoms with Crippen LogP contribution in [0.1, 0.15) is 17.8 Å². The maximum absolute atomic E-state index is 5.38. The van der Waals surface area contributed by atoms with Crippen LogP contribution in [-0.2, 0) is 4.74 Å². The monoisotopic (exact) mass is 225 g/mol. The zero-order valence-electron chi connectivity index (χ0n) is 10.0. The highest BCUT2D eigenvalue weighted by Gasteiger charge is 2.07. The molecule has 6 nitrogen and oxygen atoms in total. The molecule has 0 amide bonds. The topological polar surface area (TPSA) is 85.1 Å². The maximum Gasteiger partial charge on any atom is 0.148 e. The number of hydrogen-bond acceptors (Lipinski definition) is 6. The summed E-state index contributed by atoms with van der Waals surface area (Å²) in [7, 11) is 1.69. The van der Waals surface area contributed by atoms with Gasteiger partial charge < -0.3 is 15.5 Å². The van der Waals surface area contributed by atoms with E-state index < -0.39 is 0 Å². The van der Waals surface area contributed by atoms with Crippen molar-refractivity contribution in [3.05, 3.63) is 11.4 Å². The number of ether oxygens (including phenoxy) is 1. The average molecular weight is 225 g/mol. The number of nitrogens with one attached hydrogen (secondary N) is 2. The van der Waals surface area contributed by atoms with Crippen LogP contribution >= 0.6 is 0 Å². The number of nitrogens with zero attached hydrogens (tertiary/aromatic N) is 2. The van der Waals surface area contributed by atoms with Crippen molar-refractivity contribution in [1.82, 2.24) is 9.97 Å². The molecule has 16 heavy (non-hydrogen) atoms. The number of aryl methyl sites for hydroxylation is 1. The molecular formula is C10H19N5O. The van der Waals surface area contributed by atoms with Crippen LogP contribution < -0.4 is 16.6 Å². The first-order valence-electron chi connectivity index (χ1n) is 5.23. The van der Waals surface area contributed by atoms with Crippen LogP contribution in [0.15, 0.2) is 0 Å². The molecule has 0 unspecified atom stereocenters. The predicted molar refractivity (Wildman–Crippen MR) is 64.3 cm³/mol. The Balaban J connectivity index is 2.67. The van der Waals surface area contributed by atoms with Gasteiger partial charge in [0.15, 0.2) is 0 Å². The van der Waals surface area contributed by atoms with E-state index in [4.69, 9.17) is 10.6 Å². The minimum atomic E-state index is 0.654. The highest BCUT2D eigenvalue weighted by molar-refractivity contribution is 5.56. The van der Waals surface area contributed by atoms with Crippen LogP contribution in [-0.4, -0.2) is 30.2 Å². The number of methoxy groups -OCH3 is 1. The smallest absolute Gasteiger partial charge is 0.148 e. The third-order valence-electron chi connectivity index (χ3n) is 2.21. The Hall–Kier alpha value is -1.40. The van der Waals surface area contributed by atoms with E-state index in [2.05, 4.69) is 20.7 Å². The largest absolute Gasteiger partial charge is 0.385 e. The summed E-state index contributed by atoms with van der Waals surface area (Å²) >= 11 is 0. The van der Waals surface area contributed by atoms with E-state index in [1.54, 1.807) is 7.11 Å². The lowest BCUT2D eigenvalue weighted by atomic mass is 10.3. The normalized spacial score (nSPS) is 10.2. The quantitative estimate of drug-likeness (QED) is 0.378. The molecular weight excluding hydrogens is 206 g/mol. The molecule has 1 aromatic rings. The summed E-state index contributed by atoms with van der Waals surface area (Å²) in [5.74, 6) is 7.54. The van der Waals surface area contributed by atoms with Gasteiger partial charge in [-0.2, -0.15) is 0 Å². The SMILES string of the molecule is COCCCNc1nc(C)nc(NN)c1C. The lowest BCUT2D eigenvalue weighted by molar-refractivity contribution is 0.197. The summed E-state index contributed by atoms with van der Waals surface area (Å²) in [5, 5.41) is 3.24. The molecule has 90 valence electrons. The Labute approximate surface area is 95.6 Å². The van der Waals surface area contributed by atoms with Gasteiger partial charge in [0.2, 0.25) is 0 Å². The molecule has 0 aliphatic rings. The Bertz CT molecular complexity index is 342. The standard InChI is InChI=1S/C10H19N5O/c1-7-9(12-5-4-6-16-3)13-8(2)14-10(7)15-11/h4-6,11H2,1-3H3,(H2,12,13,14,15). The van der Waals surface area contributed by atoms with E-state index >= 15 is 0 Å². The molecule has 0 spiro atoms. The van der Waals surface area contributed by atoms with E-state index in [9.17, 15) is 0 Å². The minimum Gasteiger partial charge on any atom is -0.385 e. The van der Waals surface area contributed by atoms with Crippen molar-refractivity contribution in [3.8, 4) is 0 Å². The molecule has 0 saturated carbocycles. The van der Waals surface area contributed by atoms with Crippen LogP contribution in [0.4, 0.5) is 11.6 Å². The van der Waals surface area contributed by atoms with Gasteiger partial charge in [-0.15, -0.1) is 0 Å². The van der Waals surface area contributed by atoms with Gasteiger partial charge >= 0.3 is 0 Å². The molecule has 1 aromatic heterocycles. The number of rotatable bonds is 6. The molecule has 1 heterocycles. The fourth-order valence-electron chi connectivity index (χ4n) is 1.36.